The van der Waals surface area contributed by atoms with Crippen LogP contribution in [0.2, 0.25) is 5.02 Å². The Kier molecular flexibility index (Phi) is 6.50. The molecule has 1 aromatic heterocycles. The highest BCUT2D eigenvalue weighted by atomic mass is 35.5. The van der Waals surface area contributed by atoms with Crippen molar-refractivity contribution in [2.24, 2.45) is 5.92 Å². The highest BCUT2D eigenvalue weighted by Crippen LogP contribution is 2.31. The van der Waals surface area contributed by atoms with Gasteiger partial charge < -0.3 is 10.2 Å². The summed E-state index contributed by atoms with van der Waals surface area (Å²) in [6.07, 6.45) is 2.96. The smallest absolute Gasteiger partial charge is 0.268 e. The topological polar surface area (TPSA) is 86.1 Å². The first kappa shape index (κ1) is 20.8. The van der Waals surface area contributed by atoms with Crippen molar-refractivity contribution in [3.63, 3.8) is 0 Å². The molecule has 1 aliphatic heterocycles. The Morgan fingerprint density at radius 2 is 2.33 bits per heavy atom. The van der Waals surface area contributed by atoms with Crippen LogP contribution in [0.25, 0.3) is 0 Å². The predicted octanol–water partition coefficient (Wildman–Crippen LogP) is 2.59. The standard InChI is InChI=1S/C18H19ClF2N4O2/c1-3-11(2)4-12-5-14(15(19)8-23-12)17(27)24-9-16(26)25-10-18(20,21)6-13(25)7-22/h3,5,8,11,13H,1,4,6,9-10H2,2H3,(H,24,27)/t11?,13-/m0/s1. The molecule has 1 fully saturated rings. The third-order valence-electron chi connectivity index (χ3n) is 4.23. The van der Waals surface area contributed by atoms with Crippen molar-refractivity contribution in [2.45, 2.75) is 31.7 Å². The van der Waals surface area contributed by atoms with Gasteiger partial charge in [-0.15, -0.1) is 6.58 Å². The quantitative estimate of drug-likeness (QED) is 0.749. The Bertz CT molecular complexity index is 794. The van der Waals surface area contributed by atoms with Gasteiger partial charge in [-0.25, -0.2) is 8.78 Å². The summed E-state index contributed by atoms with van der Waals surface area (Å²) in [7, 11) is 0. The molecule has 2 heterocycles. The fraction of sp³-hybridized carbons (Fsp3) is 0.444. The molecule has 0 bridgehead atoms. The van der Waals surface area contributed by atoms with Crippen LogP contribution >= 0.6 is 11.6 Å². The summed E-state index contributed by atoms with van der Waals surface area (Å²) in [6, 6.07) is 2.00. The Morgan fingerprint density at radius 3 is 2.96 bits per heavy atom. The van der Waals surface area contributed by atoms with Crippen LogP contribution in [-0.4, -0.2) is 46.8 Å². The molecule has 1 saturated heterocycles. The fourth-order valence-corrected chi connectivity index (χ4v) is 2.92. The molecule has 2 amide bonds. The summed E-state index contributed by atoms with van der Waals surface area (Å²) in [5.74, 6) is -4.33. The van der Waals surface area contributed by atoms with Gasteiger partial charge in [-0.3, -0.25) is 14.6 Å². The lowest BCUT2D eigenvalue weighted by Gasteiger charge is -2.19. The molecule has 2 atom stereocenters. The number of hydrogen-bond acceptors (Lipinski definition) is 4. The maximum absolute atomic E-state index is 13.4. The van der Waals surface area contributed by atoms with Gasteiger partial charge in [-0.05, 0) is 18.4 Å². The zero-order valence-corrected chi connectivity index (χ0v) is 15.5. The molecule has 0 spiro atoms. The lowest BCUT2D eigenvalue weighted by molar-refractivity contribution is -0.131. The summed E-state index contributed by atoms with van der Waals surface area (Å²) >= 11 is 6.01. The van der Waals surface area contributed by atoms with Gasteiger partial charge in [0.25, 0.3) is 11.8 Å². The van der Waals surface area contributed by atoms with E-state index < -0.39 is 43.3 Å². The van der Waals surface area contributed by atoms with Gasteiger partial charge in [0.2, 0.25) is 5.91 Å². The number of allylic oxidation sites excluding steroid dienone is 1. The van der Waals surface area contributed by atoms with Crippen molar-refractivity contribution in [3.05, 3.63) is 41.2 Å². The second kappa shape index (κ2) is 8.44. The summed E-state index contributed by atoms with van der Waals surface area (Å²) in [5.41, 5.74) is 0.765. The third-order valence-corrected chi connectivity index (χ3v) is 4.53. The van der Waals surface area contributed by atoms with Gasteiger partial charge in [-0.1, -0.05) is 24.6 Å². The normalized spacial score (nSPS) is 19.2. The van der Waals surface area contributed by atoms with Crippen LogP contribution in [0, 0.1) is 17.2 Å². The van der Waals surface area contributed by atoms with Gasteiger partial charge in [0.05, 0.1) is 29.7 Å². The van der Waals surface area contributed by atoms with Crippen LogP contribution in [0.3, 0.4) is 0 Å². The number of pyridine rings is 1. The van der Waals surface area contributed by atoms with Crippen molar-refractivity contribution in [1.29, 1.82) is 5.26 Å². The number of hydrogen-bond donors (Lipinski definition) is 1. The first-order valence-corrected chi connectivity index (χ1v) is 8.66. The second-order valence-electron chi connectivity index (χ2n) is 6.48. The average molecular weight is 397 g/mol. The second-order valence-corrected chi connectivity index (χ2v) is 6.89. The molecule has 1 unspecified atom stereocenters. The first-order chi connectivity index (χ1) is 12.7. The van der Waals surface area contributed by atoms with Crippen LogP contribution in [0.4, 0.5) is 8.78 Å². The van der Waals surface area contributed by atoms with Crippen molar-refractivity contribution in [3.8, 4) is 6.07 Å². The minimum Gasteiger partial charge on any atom is -0.343 e. The van der Waals surface area contributed by atoms with Crippen molar-refractivity contribution in [1.82, 2.24) is 15.2 Å². The zero-order valence-electron chi connectivity index (χ0n) is 14.7. The number of nitriles is 1. The number of alkyl halides is 2. The van der Waals surface area contributed by atoms with E-state index in [0.29, 0.717) is 12.1 Å². The Labute approximate surface area is 160 Å². The SMILES string of the molecule is C=CC(C)Cc1cc(C(=O)NCC(=O)N2CC(F)(F)C[C@H]2C#N)c(Cl)cn1. The Hall–Kier alpha value is -2.53. The Morgan fingerprint density at radius 1 is 1.63 bits per heavy atom. The number of rotatable bonds is 6. The van der Waals surface area contributed by atoms with E-state index >= 15 is 0 Å². The highest BCUT2D eigenvalue weighted by Gasteiger charge is 2.47. The Balaban J connectivity index is 2.03. The summed E-state index contributed by atoms with van der Waals surface area (Å²) in [5, 5.41) is 11.4. The summed E-state index contributed by atoms with van der Waals surface area (Å²) in [4.78, 5) is 29.4. The predicted molar refractivity (Wildman–Crippen MR) is 95.3 cm³/mol. The minimum atomic E-state index is -3.11. The molecule has 1 N–H and O–H groups in total. The van der Waals surface area contributed by atoms with Crippen LogP contribution in [0.1, 0.15) is 29.4 Å². The van der Waals surface area contributed by atoms with Crippen LogP contribution < -0.4 is 5.32 Å². The summed E-state index contributed by atoms with van der Waals surface area (Å²) < 4.78 is 26.8. The monoisotopic (exact) mass is 396 g/mol. The number of likely N-dealkylation sites (tertiary alicyclic amines) is 1. The summed E-state index contributed by atoms with van der Waals surface area (Å²) in [6.45, 7) is 4.29. The van der Waals surface area contributed by atoms with E-state index in [2.05, 4.69) is 16.9 Å². The van der Waals surface area contributed by atoms with Crippen LogP contribution in [-0.2, 0) is 11.2 Å². The lowest BCUT2D eigenvalue weighted by Crippen LogP contribution is -2.43. The molecule has 9 heteroatoms. The van der Waals surface area contributed by atoms with Gasteiger partial charge in [0.15, 0.2) is 0 Å². The number of carbonyl (C=O) groups excluding carboxylic acids is 2. The molecular weight excluding hydrogens is 378 g/mol. The number of nitrogens with one attached hydrogen (secondary N) is 1. The van der Waals surface area contributed by atoms with Crippen molar-refractivity contribution < 1.29 is 18.4 Å². The first-order valence-electron chi connectivity index (χ1n) is 8.29. The third kappa shape index (κ3) is 5.23. The van der Waals surface area contributed by atoms with Gasteiger partial charge in [-0.2, -0.15) is 5.26 Å². The van der Waals surface area contributed by atoms with Crippen molar-refractivity contribution in [2.75, 3.05) is 13.1 Å². The number of amides is 2. The molecule has 1 aliphatic rings. The van der Waals surface area contributed by atoms with E-state index in [1.807, 2.05) is 6.92 Å². The lowest BCUT2D eigenvalue weighted by atomic mass is 10.0. The molecular formula is C18H19ClF2N4O2. The fourth-order valence-electron chi connectivity index (χ4n) is 2.73. The molecule has 27 heavy (non-hydrogen) atoms. The van der Waals surface area contributed by atoms with Gasteiger partial charge in [0.1, 0.15) is 6.04 Å². The van der Waals surface area contributed by atoms with E-state index in [1.54, 1.807) is 12.1 Å². The molecule has 0 radical (unpaired) electrons. The van der Waals surface area contributed by atoms with E-state index in [1.165, 1.54) is 12.3 Å². The molecule has 0 aliphatic carbocycles. The zero-order chi connectivity index (χ0) is 20.2. The number of halogens is 3. The largest absolute Gasteiger partial charge is 0.343 e. The maximum Gasteiger partial charge on any atom is 0.268 e. The number of carbonyl (C=O) groups is 2. The van der Waals surface area contributed by atoms with Gasteiger partial charge in [0, 0.05) is 18.3 Å². The maximum atomic E-state index is 13.4. The average Bonchev–Trinajstić information content (AvgIpc) is 2.95. The molecule has 0 aromatic carbocycles. The van der Waals surface area contributed by atoms with E-state index in [4.69, 9.17) is 16.9 Å². The number of nitrogens with zero attached hydrogens (tertiary/aromatic N) is 3. The van der Waals surface area contributed by atoms with E-state index in [-0.39, 0.29) is 16.5 Å². The molecule has 6 nitrogen and oxygen atoms in total. The van der Waals surface area contributed by atoms with E-state index in [9.17, 15) is 18.4 Å². The van der Waals surface area contributed by atoms with Crippen LogP contribution in [0.5, 0.6) is 0 Å². The molecule has 1 aromatic rings. The van der Waals surface area contributed by atoms with Crippen LogP contribution in [0.15, 0.2) is 24.9 Å². The van der Waals surface area contributed by atoms with Gasteiger partial charge >= 0.3 is 0 Å². The molecule has 2 rings (SSSR count). The molecule has 144 valence electrons. The number of aromatic nitrogens is 1. The molecule has 0 saturated carbocycles. The highest BCUT2D eigenvalue weighted by molar-refractivity contribution is 6.33. The van der Waals surface area contributed by atoms with E-state index in [0.717, 1.165) is 4.90 Å². The van der Waals surface area contributed by atoms with Crippen molar-refractivity contribution >= 4 is 23.4 Å². The minimum absolute atomic E-state index is 0.109.